The van der Waals surface area contributed by atoms with E-state index in [-0.39, 0.29) is 11.8 Å². The second-order valence-electron chi connectivity index (χ2n) is 4.00. The number of likely N-dealkylation sites (N-methyl/N-ethyl adjacent to an activating group) is 1. The molecule has 16 heavy (non-hydrogen) atoms. The molecule has 1 aromatic carbocycles. The van der Waals surface area contributed by atoms with Crippen LogP contribution in [0, 0.1) is 0 Å². The van der Waals surface area contributed by atoms with E-state index in [9.17, 15) is 9.59 Å². The van der Waals surface area contributed by atoms with Crippen molar-refractivity contribution in [3.05, 3.63) is 29.3 Å². The molecule has 84 valence electrons. The van der Waals surface area contributed by atoms with E-state index in [1.54, 1.807) is 11.9 Å². The summed E-state index contributed by atoms with van der Waals surface area (Å²) in [6.07, 6.45) is 0.458. The first-order chi connectivity index (χ1) is 7.58. The summed E-state index contributed by atoms with van der Waals surface area (Å²) in [6.45, 7) is 2.01. The third-order valence-corrected chi connectivity index (χ3v) is 2.76. The van der Waals surface area contributed by atoms with Crippen LogP contribution in [-0.2, 0) is 22.6 Å². The van der Waals surface area contributed by atoms with Crippen LogP contribution in [0.1, 0.15) is 18.1 Å². The zero-order valence-electron chi connectivity index (χ0n) is 9.41. The lowest BCUT2D eigenvalue weighted by Gasteiger charge is -2.10. The van der Waals surface area contributed by atoms with Gasteiger partial charge in [0.05, 0.1) is 6.42 Å². The fourth-order valence-corrected chi connectivity index (χ4v) is 1.86. The van der Waals surface area contributed by atoms with Gasteiger partial charge in [-0.2, -0.15) is 0 Å². The highest BCUT2D eigenvalue weighted by Gasteiger charge is 2.23. The van der Waals surface area contributed by atoms with Crippen molar-refractivity contribution in [3.8, 4) is 0 Å². The Morgan fingerprint density at radius 1 is 1.50 bits per heavy atom. The molecule has 1 heterocycles. The van der Waals surface area contributed by atoms with Gasteiger partial charge in [0, 0.05) is 26.2 Å². The Labute approximate surface area is 94.2 Å². The first-order valence-electron chi connectivity index (χ1n) is 5.20. The molecular formula is C12H14N2O2. The van der Waals surface area contributed by atoms with E-state index in [2.05, 4.69) is 5.32 Å². The van der Waals surface area contributed by atoms with Gasteiger partial charge < -0.3 is 10.2 Å². The zero-order valence-corrected chi connectivity index (χ0v) is 9.41. The normalized spacial score (nSPS) is 13.9. The van der Waals surface area contributed by atoms with Gasteiger partial charge in [-0.3, -0.25) is 9.59 Å². The van der Waals surface area contributed by atoms with Crippen molar-refractivity contribution in [1.29, 1.82) is 0 Å². The van der Waals surface area contributed by atoms with Crippen molar-refractivity contribution in [3.63, 3.8) is 0 Å². The van der Waals surface area contributed by atoms with E-state index in [0.717, 1.165) is 16.8 Å². The predicted octanol–water partition coefficient (Wildman–Crippen LogP) is 0.842. The SMILES string of the molecule is CC(=O)NCc1ccc2c(c1)CC(=O)N2C. The maximum atomic E-state index is 11.5. The second-order valence-corrected chi connectivity index (χ2v) is 4.00. The van der Waals surface area contributed by atoms with Gasteiger partial charge in [-0.15, -0.1) is 0 Å². The van der Waals surface area contributed by atoms with Crippen molar-refractivity contribution in [2.45, 2.75) is 19.9 Å². The molecule has 1 aliphatic rings. The summed E-state index contributed by atoms with van der Waals surface area (Å²) in [5.41, 5.74) is 3.03. The van der Waals surface area contributed by atoms with Gasteiger partial charge >= 0.3 is 0 Å². The molecule has 0 aliphatic carbocycles. The van der Waals surface area contributed by atoms with Crippen LogP contribution in [0.15, 0.2) is 18.2 Å². The lowest BCUT2D eigenvalue weighted by Crippen LogP contribution is -2.20. The number of rotatable bonds is 2. The summed E-state index contributed by atoms with van der Waals surface area (Å²) in [5.74, 6) is 0.0698. The van der Waals surface area contributed by atoms with Crippen LogP contribution in [0.3, 0.4) is 0 Å². The molecule has 1 N–H and O–H groups in total. The molecule has 0 bridgehead atoms. The lowest BCUT2D eigenvalue weighted by molar-refractivity contribution is -0.119. The average molecular weight is 218 g/mol. The van der Waals surface area contributed by atoms with Crippen molar-refractivity contribution in [2.24, 2.45) is 0 Å². The van der Waals surface area contributed by atoms with Crippen LogP contribution >= 0.6 is 0 Å². The number of carbonyl (C=O) groups is 2. The monoisotopic (exact) mass is 218 g/mol. The summed E-state index contributed by atoms with van der Waals surface area (Å²) in [5, 5.41) is 2.74. The third kappa shape index (κ3) is 1.91. The molecule has 2 amide bonds. The minimum Gasteiger partial charge on any atom is -0.352 e. The number of hydrogen-bond donors (Lipinski definition) is 1. The first-order valence-corrected chi connectivity index (χ1v) is 5.20. The maximum Gasteiger partial charge on any atom is 0.231 e. The number of anilines is 1. The Morgan fingerprint density at radius 3 is 2.94 bits per heavy atom. The predicted molar refractivity (Wildman–Crippen MR) is 61.1 cm³/mol. The van der Waals surface area contributed by atoms with Crippen LogP contribution in [0.4, 0.5) is 5.69 Å². The third-order valence-electron chi connectivity index (χ3n) is 2.76. The smallest absolute Gasteiger partial charge is 0.231 e. The van der Waals surface area contributed by atoms with Gasteiger partial charge in [-0.05, 0) is 17.2 Å². The summed E-state index contributed by atoms with van der Waals surface area (Å²) in [4.78, 5) is 23.9. The van der Waals surface area contributed by atoms with Crippen LogP contribution < -0.4 is 10.2 Å². The number of nitrogens with one attached hydrogen (secondary N) is 1. The minimum atomic E-state index is -0.0475. The van der Waals surface area contributed by atoms with Crippen molar-refractivity contribution in [2.75, 3.05) is 11.9 Å². The Hall–Kier alpha value is -1.84. The highest BCUT2D eigenvalue weighted by atomic mass is 16.2. The van der Waals surface area contributed by atoms with E-state index in [1.165, 1.54) is 6.92 Å². The van der Waals surface area contributed by atoms with Gasteiger partial charge in [-0.1, -0.05) is 12.1 Å². The highest BCUT2D eigenvalue weighted by Crippen LogP contribution is 2.28. The van der Waals surface area contributed by atoms with Crippen LogP contribution in [0.2, 0.25) is 0 Å². The van der Waals surface area contributed by atoms with Gasteiger partial charge in [0.1, 0.15) is 0 Å². The zero-order chi connectivity index (χ0) is 11.7. The van der Waals surface area contributed by atoms with Crippen molar-refractivity contribution in [1.82, 2.24) is 5.32 Å². The van der Waals surface area contributed by atoms with E-state index in [0.29, 0.717) is 13.0 Å². The largest absolute Gasteiger partial charge is 0.352 e. The molecular weight excluding hydrogens is 204 g/mol. The molecule has 0 atom stereocenters. The standard InChI is InChI=1S/C12H14N2O2/c1-8(15)13-7-9-3-4-11-10(5-9)6-12(16)14(11)2/h3-5H,6-7H2,1-2H3,(H,13,15). The van der Waals surface area contributed by atoms with E-state index in [1.807, 2.05) is 18.2 Å². The van der Waals surface area contributed by atoms with Gasteiger partial charge in [0.25, 0.3) is 0 Å². The van der Waals surface area contributed by atoms with E-state index in [4.69, 9.17) is 0 Å². The summed E-state index contributed by atoms with van der Waals surface area (Å²) < 4.78 is 0. The van der Waals surface area contributed by atoms with Crippen LogP contribution in [0.5, 0.6) is 0 Å². The number of benzene rings is 1. The lowest BCUT2D eigenvalue weighted by atomic mass is 10.1. The number of carbonyl (C=O) groups excluding carboxylic acids is 2. The molecule has 0 aromatic heterocycles. The number of nitrogens with zero attached hydrogens (tertiary/aromatic N) is 1. The summed E-state index contributed by atoms with van der Waals surface area (Å²) in [7, 11) is 1.78. The molecule has 0 saturated carbocycles. The molecule has 1 aliphatic heterocycles. The molecule has 1 aromatic rings. The molecule has 0 unspecified atom stereocenters. The Bertz CT molecular complexity index is 454. The van der Waals surface area contributed by atoms with E-state index < -0.39 is 0 Å². The van der Waals surface area contributed by atoms with Gasteiger partial charge in [-0.25, -0.2) is 0 Å². The highest BCUT2D eigenvalue weighted by molar-refractivity contribution is 6.00. The Balaban J connectivity index is 2.18. The molecule has 0 radical (unpaired) electrons. The van der Waals surface area contributed by atoms with Crippen molar-refractivity contribution < 1.29 is 9.59 Å². The fraction of sp³-hybridized carbons (Fsp3) is 0.333. The van der Waals surface area contributed by atoms with E-state index >= 15 is 0 Å². The van der Waals surface area contributed by atoms with Crippen molar-refractivity contribution >= 4 is 17.5 Å². The Kier molecular flexibility index (Phi) is 2.64. The first kappa shape index (κ1) is 10.7. The number of amides is 2. The number of hydrogen-bond acceptors (Lipinski definition) is 2. The summed E-state index contributed by atoms with van der Waals surface area (Å²) >= 11 is 0. The molecule has 4 heteroatoms. The van der Waals surface area contributed by atoms with Crippen LogP contribution in [0.25, 0.3) is 0 Å². The summed E-state index contributed by atoms with van der Waals surface area (Å²) in [6, 6.07) is 5.84. The molecule has 4 nitrogen and oxygen atoms in total. The molecule has 0 spiro atoms. The quantitative estimate of drug-likeness (QED) is 0.799. The maximum absolute atomic E-state index is 11.5. The van der Waals surface area contributed by atoms with Gasteiger partial charge in [0.15, 0.2) is 0 Å². The number of fused-ring (bicyclic) bond motifs is 1. The molecule has 2 rings (SSSR count). The molecule has 0 saturated heterocycles. The fourth-order valence-electron chi connectivity index (χ4n) is 1.86. The Morgan fingerprint density at radius 2 is 2.25 bits per heavy atom. The second kappa shape index (κ2) is 3.96. The molecule has 0 fully saturated rings. The van der Waals surface area contributed by atoms with Gasteiger partial charge in [0.2, 0.25) is 11.8 Å². The minimum absolute atomic E-state index is 0.0475. The topological polar surface area (TPSA) is 49.4 Å². The average Bonchev–Trinajstić information content (AvgIpc) is 2.52. The van der Waals surface area contributed by atoms with Crippen LogP contribution in [-0.4, -0.2) is 18.9 Å².